The molecule has 0 spiro atoms. The maximum absolute atomic E-state index is 11.0. The number of aromatic nitrogens is 3. The predicted molar refractivity (Wildman–Crippen MR) is 37.5 cm³/mol. The van der Waals surface area contributed by atoms with Crippen LogP contribution in [-0.4, -0.2) is 19.5 Å². The van der Waals surface area contributed by atoms with Gasteiger partial charge < -0.3 is 10.1 Å². The maximum Gasteiger partial charge on any atom is 0.262 e. The van der Waals surface area contributed by atoms with Crippen LogP contribution < -0.4 is 5.56 Å². The summed E-state index contributed by atoms with van der Waals surface area (Å²) >= 11 is 0. The van der Waals surface area contributed by atoms with E-state index in [1.165, 1.54) is 4.40 Å². The van der Waals surface area contributed by atoms with Gasteiger partial charge in [-0.3, -0.25) is 9.20 Å². The largest absolute Gasteiger partial charge is 0.493 e. The first-order valence-corrected chi connectivity index (χ1v) is 3.03. The number of hydrogen-bond donors (Lipinski definition) is 2. The Morgan fingerprint density at radius 1 is 1.64 bits per heavy atom. The van der Waals surface area contributed by atoms with Crippen LogP contribution in [0.25, 0.3) is 5.78 Å². The van der Waals surface area contributed by atoms with Crippen molar-refractivity contribution in [3.63, 3.8) is 0 Å². The van der Waals surface area contributed by atoms with Gasteiger partial charge in [-0.1, -0.05) is 0 Å². The van der Waals surface area contributed by atoms with Gasteiger partial charge in [-0.25, -0.2) is 0 Å². The number of H-pyrrole nitrogens is 1. The molecule has 0 amide bonds. The fourth-order valence-corrected chi connectivity index (χ4v) is 0.911. The van der Waals surface area contributed by atoms with Crippen molar-refractivity contribution < 1.29 is 5.11 Å². The lowest BCUT2D eigenvalue weighted by Crippen LogP contribution is -2.10. The molecule has 11 heavy (non-hydrogen) atoms. The van der Waals surface area contributed by atoms with Gasteiger partial charge in [0.05, 0.1) is 6.07 Å². The SMILES string of the molecule is O=c1cc(O)nc2[nH]ccn12. The minimum atomic E-state index is -0.297. The number of fused-ring (bicyclic) bond motifs is 1. The van der Waals surface area contributed by atoms with E-state index in [0.29, 0.717) is 5.78 Å². The number of hydrogen-bond acceptors (Lipinski definition) is 3. The Morgan fingerprint density at radius 2 is 2.45 bits per heavy atom. The van der Waals surface area contributed by atoms with Crippen LogP contribution in [0.2, 0.25) is 0 Å². The Labute approximate surface area is 60.9 Å². The number of nitrogens with zero attached hydrogens (tertiary/aromatic N) is 2. The van der Waals surface area contributed by atoms with Gasteiger partial charge in [-0.2, -0.15) is 4.98 Å². The molecule has 0 atom stereocenters. The summed E-state index contributed by atoms with van der Waals surface area (Å²) in [6, 6.07) is 1.06. The number of imidazole rings is 1. The molecule has 0 fully saturated rings. The third kappa shape index (κ3) is 0.778. The molecule has 56 valence electrons. The summed E-state index contributed by atoms with van der Waals surface area (Å²) in [5.74, 6) is 0.0763. The van der Waals surface area contributed by atoms with Crippen LogP contribution in [-0.2, 0) is 0 Å². The second kappa shape index (κ2) is 1.85. The topological polar surface area (TPSA) is 70.4 Å². The standard InChI is InChI=1S/C6H5N3O2/c10-4-3-5(11)9-2-1-7-6(9)8-4/h1-3,10H,(H,7,8). The van der Waals surface area contributed by atoms with Crippen molar-refractivity contribution in [2.45, 2.75) is 0 Å². The Morgan fingerprint density at radius 3 is 3.27 bits per heavy atom. The second-order valence-electron chi connectivity index (χ2n) is 2.11. The third-order valence-corrected chi connectivity index (χ3v) is 1.37. The molecular weight excluding hydrogens is 146 g/mol. The Kier molecular flexibility index (Phi) is 1.00. The molecule has 0 saturated carbocycles. The van der Waals surface area contributed by atoms with Gasteiger partial charge in [0.2, 0.25) is 11.7 Å². The van der Waals surface area contributed by atoms with Crippen molar-refractivity contribution in [2.75, 3.05) is 0 Å². The van der Waals surface area contributed by atoms with Gasteiger partial charge in [-0.05, 0) is 0 Å². The molecule has 2 heterocycles. The molecular formula is C6H5N3O2. The third-order valence-electron chi connectivity index (χ3n) is 1.37. The Balaban J connectivity index is 3.02. The van der Waals surface area contributed by atoms with Gasteiger partial charge in [0.25, 0.3) is 5.56 Å². The Bertz CT molecular complexity index is 442. The zero-order chi connectivity index (χ0) is 7.84. The predicted octanol–water partition coefficient (Wildman–Crippen LogP) is -0.272. The van der Waals surface area contributed by atoms with Crippen LogP contribution in [0.3, 0.4) is 0 Å². The highest BCUT2D eigenvalue weighted by atomic mass is 16.3. The number of aromatic hydroxyl groups is 1. The zero-order valence-corrected chi connectivity index (χ0v) is 5.48. The minimum Gasteiger partial charge on any atom is -0.493 e. The van der Waals surface area contributed by atoms with Gasteiger partial charge >= 0.3 is 0 Å². The van der Waals surface area contributed by atoms with E-state index in [1.807, 2.05) is 0 Å². The van der Waals surface area contributed by atoms with E-state index in [-0.39, 0.29) is 11.4 Å². The lowest BCUT2D eigenvalue weighted by atomic mass is 10.6. The monoisotopic (exact) mass is 151 g/mol. The number of nitrogens with one attached hydrogen (secondary N) is 1. The molecule has 0 aliphatic heterocycles. The van der Waals surface area contributed by atoms with Crippen molar-refractivity contribution in [2.24, 2.45) is 0 Å². The first kappa shape index (κ1) is 5.96. The highest BCUT2D eigenvalue weighted by Crippen LogP contribution is 1.99. The van der Waals surface area contributed by atoms with Crippen LogP contribution in [0, 0.1) is 0 Å². The van der Waals surface area contributed by atoms with Gasteiger partial charge in [0, 0.05) is 12.4 Å². The Hall–Kier alpha value is -1.78. The average molecular weight is 151 g/mol. The summed E-state index contributed by atoms with van der Waals surface area (Å²) in [6.07, 6.45) is 3.12. The first-order chi connectivity index (χ1) is 5.27. The van der Waals surface area contributed by atoms with Gasteiger partial charge in [0.15, 0.2) is 0 Å². The van der Waals surface area contributed by atoms with Crippen LogP contribution in [0.15, 0.2) is 23.3 Å². The van der Waals surface area contributed by atoms with Crippen molar-refractivity contribution in [3.8, 4) is 5.88 Å². The van der Waals surface area contributed by atoms with Crippen LogP contribution in [0.5, 0.6) is 5.88 Å². The number of rotatable bonds is 0. The van der Waals surface area contributed by atoms with E-state index in [2.05, 4.69) is 9.97 Å². The van der Waals surface area contributed by atoms with E-state index >= 15 is 0 Å². The van der Waals surface area contributed by atoms with Crippen molar-refractivity contribution >= 4 is 5.78 Å². The highest BCUT2D eigenvalue weighted by molar-refractivity contribution is 5.30. The second-order valence-corrected chi connectivity index (χ2v) is 2.11. The first-order valence-electron chi connectivity index (χ1n) is 3.03. The maximum atomic E-state index is 11.0. The molecule has 0 aliphatic rings. The molecule has 0 bridgehead atoms. The summed E-state index contributed by atoms with van der Waals surface area (Å²) in [6.45, 7) is 0. The summed E-state index contributed by atoms with van der Waals surface area (Å²) in [5, 5.41) is 8.89. The van der Waals surface area contributed by atoms with Crippen LogP contribution in [0.4, 0.5) is 0 Å². The molecule has 5 nitrogen and oxygen atoms in total. The van der Waals surface area contributed by atoms with Crippen molar-refractivity contribution in [1.29, 1.82) is 0 Å². The molecule has 2 aromatic rings. The van der Waals surface area contributed by atoms with Gasteiger partial charge in [0.1, 0.15) is 0 Å². The van der Waals surface area contributed by atoms with E-state index in [1.54, 1.807) is 12.4 Å². The normalized spacial score (nSPS) is 10.5. The average Bonchev–Trinajstić information content (AvgIpc) is 2.34. The van der Waals surface area contributed by atoms with Crippen LogP contribution in [0.1, 0.15) is 0 Å². The van der Waals surface area contributed by atoms with E-state index in [9.17, 15) is 4.79 Å². The fraction of sp³-hybridized carbons (Fsp3) is 0. The van der Waals surface area contributed by atoms with Crippen LogP contribution >= 0.6 is 0 Å². The molecule has 0 aromatic carbocycles. The molecule has 0 radical (unpaired) electrons. The molecule has 0 unspecified atom stereocenters. The minimum absolute atomic E-state index is 0.266. The van der Waals surface area contributed by atoms with Crippen molar-refractivity contribution in [1.82, 2.24) is 14.4 Å². The van der Waals surface area contributed by atoms with E-state index in [0.717, 1.165) is 6.07 Å². The molecule has 5 heteroatoms. The molecule has 2 N–H and O–H groups in total. The number of aromatic amines is 1. The quantitative estimate of drug-likeness (QED) is 0.544. The lowest BCUT2D eigenvalue weighted by Gasteiger charge is -1.90. The van der Waals surface area contributed by atoms with E-state index in [4.69, 9.17) is 5.11 Å². The highest BCUT2D eigenvalue weighted by Gasteiger charge is 1.98. The molecule has 2 aromatic heterocycles. The van der Waals surface area contributed by atoms with Gasteiger partial charge in [-0.15, -0.1) is 0 Å². The summed E-state index contributed by atoms with van der Waals surface area (Å²) < 4.78 is 1.31. The fourth-order valence-electron chi connectivity index (χ4n) is 0.911. The summed E-state index contributed by atoms with van der Waals surface area (Å²) in [5.41, 5.74) is -0.297. The molecule has 0 saturated heterocycles. The molecule has 0 aliphatic carbocycles. The smallest absolute Gasteiger partial charge is 0.262 e. The van der Waals surface area contributed by atoms with Crippen molar-refractivity contribution in [3.05, 3.63) is 28.8 Å². The zero-order valence-electron chi connectivity index (χ0n) is 5.48. The summed E-state index contributed by atoms with van der Waals surface area (Å²) in [7, 11) is 0. The lowest BCUT2D eigenvalue weighted by molar-refractivity contribution is 0.452. The summed E-state index contributed by atoms with van der Waals surface area (Å²) in [4.78, 5) is 17.4. The molecule has 2 rings (SSSR count). The van der Waals surface area contributed by atoms with E-state index < -0.39 is 0 Å².